The number of carbonyl (C=O) groups is 5. The van der Waals surface area contributed by atoms with Crippen molar-refractivity contribution in [2.75, 3.05) is 6.54 Å². The standard InChI is InChI=1S/C29H29NO7/c1-13-9-16(10-14(2)26(13)34)23-17-6-7-18-24(29(37)30(28(18)36)8-4-5-22(32)33)19(17)12-20-21(31)11-15(3)27(35)25(20)23/h6,9-11,18-19,23-24,34H,4-5,7-8,12H2,1-3H3,(H,32,33)/t18-,19+,23-,24-/m0/s1. The maximum Gasteiger partial charge on any atom is 0.303 e. The maximum absolute atomic E-state index is 13.6. The molecule has 5 rings (SSSR count). The summed E-state index contributed by atoms with van der Waals surface area (Å²) in [7, 11) is 0. The molecule has 1 saturated heterocycles. The molecule has 1 aliphatic heterocycles. The van der Waals surface area contributed by atoms with E-state index in [1.807, 2.05) is 18.2 Å². The van der Waals surface area contributed by atoms with Gasteiger partial charge in [-0.2, -0.15) is 0 Å². The van der Waals surface area contributed by atoms with Crippen LogP contribution in [0.15, 0.2) is 46.6 Å². The number of imide groups is 1. The van der Waals surface area contributed by atoms with E-state index in [0.717, 1.165) is 11.1 Å². The molecule has 2 N–H and O–H groups in total. The molecule has 1 heterocycles. The van der Waals surface area contributed by atoms with Gasteiger partial charge in [0.25, 0.3) is 0 Å². The monoisotopic (exact) mass is 503 g/mol. The number of hydrogen-bond donors (Lipinski definition) is 2. The lowest BCUT2D eigenvalue weighted by atomic mass is 9.59. The number of aliphatic carboxylic acids is 1. The van der Waals surface area contributed by atoms with Crippen LogP contribution in [-0.2, 0) is 24.0 Å². The highest BCUT2D eigenvalue weighted by Gasteiger charge is 2.56. The molecule has 4 aliphatic rings. The van der Waals surface area contributed by atoms with Crippen molar-refractivity contribution < 1.29 is 34.2 Å². The van der Waals surface area contributed by atoms with Crippen LogP contribution in [0.4, 0.5) is 0 Å². The Hall–Kier alpha value is -3.81. The number of aryl methyl sites for hydroxylation is 2. The molecule has 192 valence electrons. The van der Waals surface area contributed by atoms with E-state index in [4.69, 9.17) is 5.11 Å². The van der Waals surface area contributed by atoms with E-state index in [1.54, 1.807) is 20.8 Å². The van der Waals surface area contributed by atoms with Crippen LogP contribution in [0.3, 0.4) is 0 Å². The molecular formula is C29H29NO7. The lowest BCUT2D eigenvalue weighted by Crippen LogP contribution is -2.40. The summed E-state index contributed by atoms with van der Waals surface area (Å²) >= 11 is 0. The highest BCUT2D eigenvalue weighted by atomic mass is 16.4. The van der Waals surface area contributed by atoms with Crippen molar-refractivity contribution in [1.82, 2.24) is 4.90 Å². The van der Waals surface area contributed by atoms with Crippen LogP contribution in [0.1, 0.15) is 55.2 Å². The Labute approximate surface area is 214 Å². The molecule has 8 heteroatoms. The number of carboxylic acids is 1. The average molecular weight is 504 g/mol. The van der Waals surface area contributed by atoms with Gasteiger partial charge in [-0.25, -0.2) is 0 Å². The van der Waals surface area contributed by atoms with E-state index in [0.29, 0.717) is 34.3 Å². The highest BCUT2D eigenvalue weighted by Crippen LogP contribution is 2.55. The number of carbonyl (C=O) groups excluding carboxylic acids is 4. The van der Waals surface area contributed by atoms with Crippen LogP contribution >= 0.6 is 0 Å². The number of aromatic hydroxyl groups is 1. The van der Waals surface area contributed by atoms with Gasteiger partial charge in [0.1, 0.15) is 5.75 Å². The van der Waals surface area contributed by atoms with Crippen LogP contribution in [0.25, 0.3) is 0 Å². The van der Waals surface area contributed by atoms with E-state index in [1.165, 1.54) is 11.0 Å². The Morgan fingerprint density at radius 2 is 1.70 bits per heavy atom. The van der Waals surface area contributed by atoms with Crippen molar-refractivity contribution >= 4 is 29.4 Å². The summed E-state index contributed by atoms with van der Waals surface area (Å²) in [5.74, 6) is -4.13. The number of rotatable bonds is 5. The van der Waals surface area contributed by atoms with Crippen LogP contribution in [-0.4, -0.2) is 51.0 Å². The van der Waals surface area contributed by atoms with Crippen LogP contribution in [0.5, 0.6) is 5.75 Å². The molecule has 0 bridgehead atoms. The predicted molar refractivity (Wildman–Crippen MR) is 132 cm³/mol. The number of Topliss-reactive ketones (excluding diaryl/α,β-unsaturated/α-hetero) is 1. The first kappa shape index (κ1) is 24.9. The van der Waals surface area contributed by atoms with Crippen LogP contribution < -0.4 is 0 Å². The minimum atomic E-state index is -0.988. The second-order valence-electron chi connectivity index (χ2n) is 10.6. The van der Waals surface area contributed by atoms with E-state index >= 15 is 0 Å². The molecule has 8 nitrogen and oxygen atoms in total. The van der Waals surface area contributed by atoms with Gasteiger partial charge in [-0.05, 0) is 68.7 Å². The Morgan fingerprint density at radius 1 is 1.03 bits per heavy atom. The first-order valence-corrected chi connectivity index (χ1v) is 12.6. The van der Waals surface area contributed by atoms with Gasteiger partial charge in [-0.1, -0.05) is 23.8 Å². The van der Waals surface area contributed by atoms with Gasteiger partial charge >= 0.3 is 5.97 Å². The third-order valence-electron chi connectivity index (χ3n) is 8.28. The molecule has 0 aromatic heterocycles. The van der Waals surface area contributed by atoms with E-state index in [2.05, 4.69) is 0 Å². The summed E-state index contributed by atoms with van der Waals surface area (Å²) in [5.41, 5.74) is 4.08. The minimum absolute atomic E-state index is 0.0477. The first-order valence-electron chi connectivity index (χ1n) is 12.6. The Morgan fingerprint density at radius 3 is 2.35 bits per heavy atom. The van der Waals surface area contributed by atoms with Gasteiger partial charge in [-0.15, -0.1) is 0 Å². The minimum Gasteiger partial charge on any atom is -0.507 e. The zero-order valence-corrected chi connectivity index (χ0v) is 21.0. The lowest BCUT2D eigenvalue weighted by Gasteiger charge is -2.42. The highest BCUT2D eigenvalue weighted by molar-refractivity contribution is 6.23. The van der Waals surface area contributed by atoms with Crippen LogP contribution in [0.2, 0.25) is 0 Å². The summed E-state index contributed by atoms with van der Waals surface area (Å²) in [6, 6.07) is 3.64. The molecule has 0 unspecified atom stereocenters. The fraction of sp³-hybridized carbons (Fsp3) is 0.414. The third kappa shape index (κ3) is 3.86. The first-order chi connectivity index (χ1) is 17.5. The largest absolute Gasteiger partial charge is 0.507 e. The van der Waals surface area contributed by atoms with Crippen molar-refractivity contribution in [1.29, 1.82) is 0 Å². The maximum atomic E-state index is 13.6. The predicted octanol–water partition coefficient (Wildman–Crippen LogP) is 3.30. The number of carboxylic acid groups (broad SMARTS) is 1. The van der Waals surface area contributed by atoms with Gasteiger partial charge in [-0.3, -0.25) is 28.9 Å². The van der Waals surface area contributed by atoms with Gasteiger partial charge in [0.05, 0.1) is 11.8 Å². The van der Waals surface area contributed by atoms with Gasteiger partial charge in [0.15, 0.2) is 11.6 Å². The molecule has 0 spiro atoms. The smallest absolute Gasteiger partial charge is 0.303 e. The molecule has 2 amide bonds. The summed E-state index contributed by atoms with van der Waals surface area (Å²) in [5, 5.41) is 19.3. The van der Waals surface area contributed by atoms with Crippen molar-refractivity contribution in [3.63, 3.8) is 0 Å². The van der Waals surface area contributed by atoms with Gasteiger partial charge in [0, 0.05) is 35.6 Å². The van der Waals surface area contributed by atoms with Crippen molar-refractivity contribution in [2.45, 2.75) is 52.4 Å². The summed E-state index contributed by atoms with van der Waals surface area (Å²) in [4.78, 5) is 65.5. The number of amides is 2. The Bertz CT molecular complexity index is 1360. The van der Waals surface area contributed by atoms with Crippen molar-refractivity contribution in [2.24, 2.45) is 17.8 Å². The SMILES string of the molecule is CC1=CC(=O)C2=C(C1=O)[C@@H](c1cc(C)c(O)c(C)c1)C1=CC[C@@H]3C(=O)N(CCCC(=O)O)C(=O)[C@@H]3[C@@H]1C2. The second-order valence-corrected chi connectivity index (χ2v) is 10.6. The average Bonchev–Trinajstić information content (AvgIpc) is 3.09. The molecule has 4 atom stereocenters. The lowest BCUT2D eigenvalue weighted by molar-refractivity contribution is -0.142. The summed E-state index contributed by atoms with van der Waals surface area (Å²) in [6.45, 7) is 5.23. The van der Waals surface area contributed by atoms with E-state index in [9.17, 15) is 29.1 Å². The van der Waals surface area contributed by atoms with Crippen LogP contribution in [0, 0.1) is 31.6 Å². The molecule has 1 aromatic carbocycles. The number of allylic oxidation sites excluding steroid dienone is 6. The molecular weight excluding hydrogens is 474 g/mol. The van der Waals surface area contributed by atoms with E-state index in [-0.39, 0.29) is 54.9 Å². The Kier molecular flexibility index (Phi) is 6.01. The quantitative estimate of drug-likeness (QED) is 0.358. The number of nitrogens with zero attached hydrogens (tertiary/aromatic N) is 1. The number of fused-ring (bicyclic) bond motifs is 3. The van der Waals surface area contributed by atoms with Crippen molar-refractivity contribution in [3.8, 4) is 5.75 Å². The zero-order valence-electron chi connectivity index (χ0n) is 21.0. The summed E-state index contributed by atoms with van der Waals surface area (Å²) in [6.07, 6.45) is 3.88. The number of benzene rings is 1. The fourth-order valence-corrected chi connectivity index (χ4v) is 6.57. The number of hydrogen-bond acceptors (Lipinski definition) is 6. The van der Waals surface area contributed by atoms with E-state index < -0.39 is 29.6 Å². The second kappa shape index (κ2) is 8.94. The van der Waals surface area contributed by atoms with Crippen molar-refractivity contribution in [3.05, 3.63) is 63.3 Å². The summed E-state index contributed by atoms with van der Waals surface area (Å²) < 4.78 is 0. The Balaban J connectivity index is 1.60. The normalized spacial score (nSPS) is 27.1. The third-order valence-corrected chi connectivity index (χ3v) is 8.28. The number of likely N-dealkylation sites (tertiary alicyclic amines) is 1. The zero-order chi connectivity index (χ0) is 26.8. The number of phenols is 1. The molecule has 0 radical (unpaired) electrons. The molecule has 3 aliphatic carbocycles. The number of phenolic OH excluding ortho intramolecular Hbond substituents is 1. The topological polar surface area (TPSA) is 129 Å². The molecule has 1 aromatic rings. The molecule has 0 saturated carbocycles. The van der Waals surface area contributed by atoms with Gasteiger partial charge in [0.2, 0.25) is 11.8 Å². The number of ketones is 2. The fourth-order valence-electron chi connectivity index (χ4n) is 6.57. The molecule has 37 heavy (non-hydrogen) atoms. The van der Waals surface area contributed by atoms with Gasteiger partial charge < -0.3 is 10.2 Å². The molecule has 1 fully saturated rings.